The standard InChI is InChI=1S/C14H22ClNO/c1-4-14(9-11(2)17)16(3)10-12-5-7-13(15)8-6-12/h5-8,11,14,17H,4,9-10H2,1-3H3. The lowest BCUT2D eigenvalue weighted by Gasteiger charge is -2.28. The van der Waals surface area contributed by atoms with Gasteiger partial charge < -0.3 is 5.11 Å². The van der Waals surface area contributed by atoms with Gasteiger partial charge in [0.25, 0.3) is 0 Å². The number of benzene rings is 1. The van der Waals surface area contributed by atoms with Gasteiger partial charge >= 0.3 is 0 Å². The Labute approximate surface area is 109 Å². The van der Waals surface area contributed by atoms with Crippen LogP contribution in [0.3, 0.4) is 0 Å². The Morgan fingerprint density at radius 3 is 2.35 bits per heavy atom. The molecule has 0 saturated carbocycles. The van der Waals surface area contributed by atoms with Crippen LogP contribution in [0.1, 0.15) is 32.3 Å². The zero-order chi connectivity index (χ0) is 12.8. The molecule has 0 spiro atoms. The van der Waals surface area contributed by atoms with Crippen LogP contribution >= 0.6 is 11.6 Å². The third-order valence-electron chi connectivity index (χ3n) is 3.05. The summed E-state index contributed by atoms with van der Waals surface area (Å²) in [6, 6.07) is 8.36. The summed E-state index contributed by atoms with van der Waals surface area (Å²) < 4.78 is 0. The normalized spacial score (nSPS) is 14.9. The molecule has 1 aromatic carbocycles. The Morgan fingerprint density at radius 1 is 1.29 bits per heavy atom. The smallest absolute Gasteiger partial charge is 0.0527 e. The maximum Gasteiger partial charge on any atom is 0.0527 e. The van der Waals surface area contributed by atoms with Gasteiger partial charge in [-0.05, 0) is 44.5 Å². The average Bonchev–Trinajstić information content (AvgIpc) is 2.28. The zero-order valence-corrected chi connectivity index (χ0v) is 11.6. The SMILES string of the molecule is CCC(CC(C)O)N(C)Cc1ccc(Cl)cc1. The Balaban J connectivity index is 2.57. The van der Waals surface area contributed by atoms with Crippen LogP contribution in [-0.4, -0.2) is 29.2 Å². The topological polar surface area (TPSA) is 23.5 Å². The number of aliphatic hydroxyl groups is 1. The van der Waals surface area contributed by atoms with Gasteiger partial charge in [-0.1, -0.05) is 30.7 Å². The van der Waals surface area contributed by atoms with Gasteiger partial charge in [-0.3, -0.25) is 4.90 Å². The third kappa shape index (κ3) is 5.07. The number of nitrogens with zero attached hydrogens (tertiary/aromatic N) is 1. The second-order valence-corrected chi connectivity index (χ2v) is 5.12. The Kier molecular flexibility index (Phi) is 5.96. The van der Waals surface area contributed by atoms with Gasteiger partial charge in [0.15, 0.2) is 0 Å². The van der Waals surface area contributed by atoms with Crippen LogP contribution in [0.5, 0.6) is 0 Å². The molecule has 17 heavy (non-hydrogen) atoms. The Hall–Kier alpha value is -0.570. The molecule has 0 aliphatic carbocycles. The zero-order valence-electron chi connectivity index (χ0n) is 10.9. The molecule has 0 aromatic heterocycles. The summed E-state index contributed by atoms with van der Waals surface area (Å²) in [6.45, 7) is 4.90. The third-order valence-corrected chi connectivity index (χ3v) is 3.30. The van der Waals surface area contributed by atoms with Gasteiger partial charge in [0, 0.05) is 17.6 Å². The highest BCUT2D eigenvalue weighted by Crippen LogP contribution is 2.15. The van der Waals surface area contributed by atoms with E-state index in [0.29, 0.717) is 6.04 Å². The second kappa shape index (κ2) is 7.00. The summed E-state index contributed by atoms with van der Waals surface area (Å²) in [5, 5.41) is 10.2. The van der Waals surface area contributed by atoms with Gasteiger partial charge in [0.1, 0.15) is 0 Å². The largest absolute Gasteiger partial charge is 0.393 e. The van der Waals surface area contributed by atoms with E-state index in [2.05, 4.69) is 18.9 Å². The summed E-state index contributed by atoms with van der Waals surface area (Å²) in [6.07, 6.45) is 1.63. The molecule has 0 heterocycles. The van der Waals surface area contributed by atoms with E-state index >= 15 is 0 Å². The van der Waals surface area contributed by atoms with Crippen molar-refractivity contribution in [2.24, 2.45) is 0 Å². The molecule has 0 amide bonds. The fourth-order valence-corrected chi connectivity index (χ4v) is 2.18. The molecule has 0 aliphatic rings. The monoisotopic (exact) mass is 255 g/mol. The molecule has 0 radical (unpaired) electrons. The lowest BCUT2D eigenvalue weighted by atomic mass is 10.1. The van der Waals surface area contributed by atoms with Crippen molar-refractivity contribution in [2.75, 3.05) is 7.05 Å². The van der Waals surface area contributed by atoms with Crippen molar-refractivity contribution < 1.29 is 5.11 Å². The molecule has 2 nitrogen and oxygen atoms in total. The predicted molar refractivity (Wildman–Crippen MR) is 73.3 cm³/mol. The molecule has 0 fully saturated rings. The van der Waals surface area contributed by atoms with E-state index in [9.17, 15) is 5.11 Å². The summed E-state index contributed by atoms with van der Waals surface area (Å²) in [7, 11) is 2.10. The number of hydrogen-bond acceptors (Lipinski definition) is 2. The molecule has 1 N–H and O–H groups in total. The Bertz CT molecular complexity index is 323. The minimum Gasteiger partial charge on any atom is -0.393 e. The van der Waals surface area contributed by atoms with Crippen LogP contribution in [0.2, 0.25) is 5.02 Å². The van der Waals surface area contributed by atoms with Crippen molar-refractivity contribution in [1.29, 1.82) is 0 Å². The van der Waals surface area contributed by atoms with Crippen molar-refractivity contribution in [3.8, 4) is 0 Å². The van der Waals surface area contributed by atoms with E-state index in [0.717, 1.165) is 24.4 Å². The summed E-state index contributed by atoms with van der Waals surface area (Å²) in [5.74, 6) is 0. The number of halogens is 1. The van der Waals surface area contributed by atoms with E-state index in [1.807, 2.05) is 31.2 Å². The summed E-state index contributed by atoms with van der Waals surface area (Å²) in [5.41, 5.74) is 1.25. The molecule has 0 saturated heterocycles. The molecule has 0 bridgehead atoms. The molecule has 96 valence electrons. The second-order valence-electron chi connectivity index (χ2n) is 4.69. The molecule has 0 aliphatic heterocycles. The highest BCUT2D eigenvalue weighted by atomic mass is 35.5. The highest BCUT2D eigenvalue weighted by Gasteiger charge is 2.15. The summed E-state index contributed by atoms with van der Waals surface area (Å²) in [4.78, 5) is 2.29. The number of aliphatic hydroxyl groups excluding tert-OH is 1. The maximum atomic E-state index is 9.46. The molecular weight excluding hydrogens is 234 g/mol. The Morgan fingerprint density at radius 2 is 1.88 bits per heavy atom. The van der Waals surface area contributed by atoms with Gasteiger partial charge in [0.2, 0.25) is 0 Å². The van der Waals surface area contributed by atoms with Gasteiger partial charge in [-0.25, -0.2) is 0 Å². The molecule has 1 aromatic rings. The molecule has 3 heteroatoms. The van der Waals surface area contributed by atoms with Crippen molar-refractivity contribution in [3.05, 3.63) is 34.9 Å². The van der Waals surface area contributed by atoms with Crippen LogP contribution in [-0.2, 0) is 6.54 Å². The van der Waals surface area contributed by atoms with E-state index in [1.54, 1.807) is 0 Å². The first kappa shape index (κ1) is 14.5. The summed E-state index contributed by atoms with van der Waals surface area (Å²) >= 11 is 5.86. The van der Waals surface area contributed by atoms with Crippen molar-refractivity contribution in [3.63, 3.8) is 0 Å². The predicted octanol–water partition coefficient (Wildman–Crippen LogP) is 3.32. The van der Waals surface area contributed by atoms with Crippen molar-refractivity contribution in [1.82, 2.24) is 4.90 Å². The van der Waals surface area contributed by atoms with Gasteiger partial charge in [-0.2, -0.15) is 0 Å². The van der Waals surface area contributed by atoms with Crippen LogP contribution in [0, 0.1) is 0 Å². The lowest BCUT2D eigenvalue weighted by molar-refractivity contribution is 0.121. The van der Waals surface area contributed by atoms with Crippen LogP contribution in [0.15, 0.2) is 24.3 Å². The maximum absolute atomic E-state index is 9.46. The average molecular weight is 256 g/mol. The first-order chi connectivity index (χ1) is 8.02. The highest BCUT2D eigenvalue weighted by molar-refractivity contribution is 6.30. The first-order valence-electron chi connectivity index (χ1n) is 6.15. The number of hydrogen-bond donors (Lipinski definition) is 1. The van der Waals surface area contributed by atoms with E-state index in [-0.39, 0.29) is 6.10 Å². The quantitative estimate of drug-likeness (QED) is 0.843. The minimum atomic E-state index is -0.243. The number of rotatable bonds is 6. The molecule has 2 unspecified atom stereocenters. The van der Waals surface area contributed by atoms with Crippen LogP contribution < -0.4 is 0 Å². The van der Waals surface area contributed by atoms with Gasteiger partial charge in [0.05, 0.1) is 6.10 Å². The van der Waals surface area contributed by atoms with E-state index < -0.39 is 0 Å². The van der Waals surface area contributed by atoms with Crippen LogP contribution in [0.25, 0.3) is 0 Å². The van der Waals surface area contributed by atoms with E-state index in [1.165, 1.54) is 5.56 Å². The van der Waals surface area contributed by atoms with Crippen molar-refractivity contribution >= 4 is 11.6 Å². The molecular formula is C14H22ClNO. The van der Waals surface area contributed by atoms with Crippen molar-refractivity contribution in [2.45, 2.75) is 45.4 Å². The molecule has 2 atom stereocenters. The fraction of sp³-hybridized carbons (Fsp3) is 0.571. The van der Waals surface area contributed by atoms with E-state index in [4.69, 9.17) is 11.6 Å². The first-order valence-corrected chi connectivity index (χ1v) is 6.53. The van der Waals surface area contributed by atoms with Crippen LogP contribution in [0.4, 0.5) is 0 Å². The fourth-order valence-electron chi connectivity index (χ4n) is 2.06. The minimum absolute atomic E-state index is 0.243. The van der Waals surface area contributed by atoms with Gasteiger partial charge in [-0.15, -0.1) is 0 Å². The lowest BCUT2D eigenvalue weighted by Crippen LogP contribution is -2.33. The molecule has 1 rings (SSSR count).